The molecular weight excluding hydrogens is 503 g/mol. The topological polar surface area (TPSA) is 0 Å². The van der Waals surface area contributed by atoms with E-state index in [1.54, 1.807) is 0 Å². The minimum absolute atomic E-state index is 0. The predicted molar refractivity (Wildman–Crippen MR) is 102 cm³/mol. The fourth-order valence-corrected chi connectivity index (χ4v) is 1.25. The first-order valence-electron chi connectivity index (χ1n) is 6.47. The molecule has 3 aromatic carbocycles. The van der Waals surface area contributed by atoms with Crippen LogP contribution in [0.1, 0.15) is 5.56 Å². The summed E-state index contributed by atoms with van der Waals surface area (Å²) in [6, 6.07) is 32.1. The summed E-state index contributed by atoms with van der Waals surface area (Å²) in [5.74, 6) is 0. The van der Waals surface area contributed by atoms with Crippen molar-refractivity contribution < 1.29 is 33.6 Å². The number of rotatable bonds is 0. The molecule has 3 rings (SSSR count). The van der Waals surface area contributed by atoms with Gasteiger partial charge in [0.1, 0.15) is 0 Å². The number of hydrogen-bond donors (Lipinski definition) is 0. The Kier molecular flexibility index (Phi) is 20.6. The van der Waals surface area contributed by atoms with E-state index in [2.05, 4.69) is 18.2 Å². The number of alkyl halides is 3. The van der Waals surface area contributed by atoms with Gasteiger partial charge in [-0.2, -0.15) is 126 Å². The maximum absolute atomic E-state index is 11.8. The van der Waals surface area contributed by atoms with Gasteiger partial charge >= 0.3 is 6.18 Å². The number of benzene rings is 3. The maximum Gasteiger partial charge on any atom is 0.394 e. The minimum atomic E-state index is -4.26. The molecule has 0 aliphatic carbocycles. The molecule has 0 saturated carbocycles. The largest absolute Gasteiger partial charge is 0.394 e. The van der Waals surface area contributed by atoms with E-state index in [4.69, 9.17) is 0 Å². The molecular formula is C19H18BrF3PPd-3. The van der Waals surface area contributed by atoms with Crippen LogP contribution in [0.25, 0.3) is 0 Å². The predicted octanol–water partition coefficient (Wildman–Crippen LogP) is 6.11. The molecule has 1 unspecified atom stereocenters. The summed E-state index contributed by atoms with van der Waals surface area (Å²) in [7, 11) is 0. The van der Waals surface area contributed by atoms with Crippen molar-refractivity contribution in [2.45, 2.75) is 6.18 Å². The van der Waals surface area contributed by atoms with E-state index in [0.717, 1.165) is 6.07 Å². The van der Waals surface area contributed by atoms with Gasteiger partial charge in [-0.05, 0) is 0 Å². The normalized spacial score (nSPS) is 8.44. The number of halogens is 4. The molecule has 140 valence electrons. The quantitative estimate of drug-likeness (QED) is 0.191. The van der Waals surface area contributed by atoms with Crippen LogP contribution in [-0.4, -0.2) is 0 Å². The van der Waals surface area contributed by atoms with Crippen LogP contribution < -0.4 is 0 Å². The molecule has 0 N–H and O–H groups in total. The van der Waals surface area contributed by atoms with Gasteiger partial charge in [-0.25, -0.2) is 0 Å². The van der Waals surface area contributed by atoms with E-state index in [9.17, 15) is 13.2 Å². The Morgan fingerprint density at radius 1 is 0.640 bits per heavy atom. The zero-order valence-electron chi connectivity index (χ0n) is 13.1. The van der Waals surface area contributed by atoms with Crippen LogP contribution in [-0.2, 0) is 26.6 Å². The fraction of sp³-hybridized carbons (Fsp3) is 0.0526. The first-order valence-corrected chi connectivity index (χ1v) is 6.47. The van der Waals surface area contributed by atoms with Gasteiger partial charge in [0.2, 0.25) is 0 Å². The van der Waals surface area contributed by atoms with Gasteiger partial charge in [-0.15, -0.1) is 17.0 Å². The van der Waals surface area contributed by atoms with Gasteiger partial charge in [-0.3, -0.25) is 0 Å². The molecule has 1 atom stereocenters. The Hall–Kier alpha value is -0.978. The van der Waals surface area contributed by atoms with Crippen molar-refractivity contribution in [3.63, 3.8) is 0 Å². The first kappa shape index (κ1) is 28.8. The van der Waals surface area contributed by atoms with Crippen LogP contribution in [0.3, 0.4) is 0 Å². The van der Waals surface area contributed by atoms with Crippen LogP contribution in [0.2, 0.25) is 0 Å². The molecule has 0 bridgehead atoms. The van der Waals surface area contributed by atoms with Gasteiger partial charge in [0.15, 0.2) is 0 Å². The second kappa shape index (κ2) is 17.8. The molecule has 25 heavy (non-hydrogen) atoms. The molecule has 6 heteroatoms. The summed E-state index contributed by atoms with van der Waals surface area (Å²) in [6.45, 7) is 0. The van der Waals surface area contributed by atoms with Gasteiger partial charge in [0, 0.05) is 20.4 Å². The van der Waals surface area contributed by atoms with E-state index >= 15 is 0 Å². The van der Waals surface area contributed by atoms with E-state index in [0.29, 0.717) is 0 Å². The minimum Gasteiger partial charge on any atom is -0.184 e. The summed E-state index contributed by atoms with van der Waals surface area (Å²) < 4.78 is 35.3. The first-order chi connectivity index (χ1) is 10.6. The van der Waals surface area contributed by atoms with Crippen LogP contribution >= 0.6 is 26.9 Å². The van der Waals surface area contributed by atoms with E-state index in [1.807, 2.05) is 60.7 Å². The van der Waals surface area contributed by atoms with Crippen LogP contribution in [0.15, 0.2) is 84.9 Å². The molecule has 0 amide bonds. The van der Waals surface area contributed by atoms with Crippen molar-refractivity contribution in [1.82, 2.24) is 0 Å². The Morgan fingerprint density at radius 3 is 1.20 bits per heavy atom. The van der Waals surface area contributed by atoms with Gasteiger partial charge in [0.05, 0.1) is 0 Å². The molecule has 0 fully saturated rings. The monoisotopic (exact) mass is 519 g/mol. The second-order valence-corrected chi connectivity index (χ2v) is 3.93. The van der Waals surface area contributed by atoms with Crippen molar-refractivity contribution in [3.8, 4) is 0 Å². The van der Waals surface area contributed by atoms with Crippen molar-refractivity contribution in [2.75, 3.05) is 0 Å². The third-order valence-corrected chi connectivity index (χ3v) is 2.23. The fourth-order valence-electron chi connectivity index (χ4n) is 1.25. The van der Waals surface area contributed by atoms with Crippen LogP contribution in [0.4, 0.5) is 13.2 Å². The molecule has 0 aliphatic heterocycles. The summed E-state index contributed by atoms with van der Waals surface area (Å²) in [6.07, 6.45) is -4.26. The van der Waals surface area contributed by atoms with E-state index < -0.39 is 11.7 Å². The second-order valence-electron chi connectivity index (χ2n) is 3.93. The van der Waals surface area contributed by atoms with Crippen molar-refractivity contribution in [3.05, 3.63) is 109 Å². The summed E-state index contributed by atoms with van der Waals surface area (Å²) in [5, 5.41) is 0. The molecule has 0 nitrogen and oxygen atoms in total. The third kappa shape index (κ3) is 16.3. The van der Waals surface area contributed by atoms with E-state index in [1.165, 1.54) is 18.2 Å². The molecule has 3 aromatic rings. The van der Waals surface area contributed by atoms with Crippen molar-refractivity contribution >= 4 is 26.9 Å². The Labute approximate surface area is 174 Å². The van der Waals surface area contributed by atoms with Crippen molar-refractivity contribution in [1.29, 1.82) is 0 Å². The Balaban J connectivity index is -0.000000286. The molecule has 0 aromatic heterocycles. The average molecular weight is 521 g/mol. The number of hydrogen-bond acceptors (Lipinski definition) is 0. The SMILES string of the molecule is Br.FC(F)(F)c1[c-]cccc1.P.[Pd].[c-]1ccccc1.[c-]1ccccc1. The smallest absolute Gasteiger partial charge is 0.184 e. The standard InChI is InChI=1S/C7H4F3.2C6H5.BrH.H3P.Pd/c8-7(9,10)6-4-2-1-3-5-6;2*1-2-4-6-5-3-1;;;/h1-4H;2*1-5H;1H;1H3;/q3*-1;;;. The zero-order chi connectivity index (χ0) is 16.1. The maximum atomic E-state index is 11.8. The molecule has 0 saturated heterocycles. The molecule has 0 aliphatic rings. The van der Waals surface area contributed by atoms with Gasteiger partial charge < -0.3 is 0 Å². The summed E-state index contributed by atoms with van der Waals surface area (Å²) in [5.41, 5.74) is -0.727. The summed E-state index contributed by atoms with van der Waals surface area (Å²) >= 11 is 0. The van der Waals surface area contributed by atoms with Crippen LogP contribution in [0.5, 0.6) is 0 Å². The van der Waals surface area contributed by atoms with Crippen molar-refractivity contribution in [2.24, 2.45) is 0 Å². The molecule has 0 spiro atoms. The Bertz CT molecular complexity index is 508. The third-order valence-electron chi connectivity index (χ3n) is 2.23. The van der Waals surface area contributed by atoms with Gasteiger partial charge in [-0.1, -0.05) is 5.56 Å². The van der Waals surface area contributed by atoms with Crippen LogP contribution in [0, 0.1) is 18.2 Å². The zero-order valence-corrected chi connectivity index (χ0v) is 17.8. The van der Waals surface area contributed by atoms with E-state index in [-0.39, 0.29) is 47.3 Å². The summed E-state index contributed by atoms with van der Waals surface area (Å²) in [4.78, 5) is 0. The molecule has 0 heterocycles. The average Bonchev–Trinajstić information content (AvgIpc) is 2.59. The van der Waals surface area contributed by atoms with Gasteiger partial charge in [0.25, 0.3) is 0 Å². The Morgan fingerprint density at radius 2 is 1.04 bits per heavy atom. The molecule has 0 radical (unpaired) electrons.